The van der Waals surface area contributed by atoms with Crippen molar-refractivity contribution in [3.63, 3.8) is 0 Å². The van der Waals surface area contributed by atoms with E-state index in [-0.39, 0.29) is 16.3 Å². The van der Waals surface area contributed by atoms with Gasteiger partial charge in [0, 0.05) is 11.1 Å². The number of halogens is 2. The summed E-state index contributed by atoms with van der Waals surface area (Å²) in [5.74, 6) is -2.41. The molecule has 0 aliphatic carbocycles. The SMILES string of the molecule is O=C(COc1ccc(Cl)cc1Cl)NNc1ncnc(NNC(=O)c2ccccc2[N+](=O)[O-])c1[N+](=O)[O-]. The molecule has 36 heavy (non-hydrogen) atoms. The first kappa shape index (κ1) is 25.9. The van der Waals surface area contributed by atoms with Crippen LogP contribution in [0.5, 0.6) is 5.75 Å². The molecule has 17 heteroatoms. The van der Waals surface area contributed by atoms with Gasteiger partial charge < -0.3 is 4.74 Å². The summed E-state index contributed by atoms with van der Waals surface area (Å²) in [4.78, 5) is 52.9. The molecule has 3 rings (SSSR count). The van der Waals surface area contributed by atoms with Gasteiger partial charge in [-0.05, 0) is 24.3 Å². The smallest absolute Gasteiger partial charge is 0.356 e. The number of carbonyl (C=O) groups excluding carboxylic acids is 2. The van der Waals surface area contributed by atoms with Crippen molar-refractivity contribution in [2.75, 3.05) is 17.5 Å². The Kier molecular flexibility index (Phi) is 8.32. The third-order valence-electron chi connectivity index (χ3n) is 4.22. The number of nitrogens with zero attached hydrogens (tertiary/aromatic N) is 4. The second-order valence-corrected chi connectivity index (χ2v) is 7.41. The molecular weight excluding hydrogens is 523 g/mol. The van der Waals surface area contributed by atoms with Crippen molar-refractivity contribution in [2.45, 2.75) is 0 Å². The Balaban J connectivity index is 1.66. The molecular formula is C19H14Cl2N8O7. The van der Waals surface area contributed by atoms with E-state index < -0.39 is 51.3 Å². The molecule has 0 aliphatic heterocycles. The highest BCUT2D eigenvalue weighted by atomic mass is 35.5. The van der Waals surface area contributed by atoms with Crippen molar-refractivity contribution < 1.29 is 24.2 Å². The molecule has 2 aromatic carbocycles. The molecule has 0 aliphatic rings. The fraction of sp³-hybridized carbons (Fsp3) is 0.0526. The van der Waals surface area contributed by atoms with Crippen LogP contribution in [0.3, 0.4) is 0 Å². The summed E-state index contributed by atoms with van der Waals surface area (Å²) in [6.45, 7) is -0.510. The van der Waals surface area contributed by atoms with Crippen LogP contribution in [0.1, 0.15) is 10.4 Å². The van der Waals surface area contributed by atoms with E-state index in [2.05, 4.69) is 31.7 Å². The Hall–Kier alpha value is -4.76. The number of aromatic nitrogens is 2. The largest absolute Gasteiger partial charge is 0.482 e. The molecule has 0 atom stereocenters. The van der Waals surface area contributed by atoms with E-state index in [0.29, 0.717) is 5.02 Å². The summed E-state index contributed by atoms with van der Waals surface area (Å²) < 4.78 is 5.26. The number of para-hydroxylation sites is 1. The minimum Gasteiger partial charge on any atom is -0.482 e. The lowest BCUT2D eigenvalue weighted by molar-refractivity contribution is -0.385. The summed E-state index contributed by atoms with van der Waals surface area (Å²) in [6, 6.07) is 9.48. The van der Waals surface area contributed by atoms with Crippen molar-refractivity contribution in [1.29, 1.82) is 0 Å². The first-order valence-corrected chi connectivity index (χ1v) is 10.3. The lowest BCUT2D eigenvalue weighted by Gasteiger charge is -2.12. The van der Waals surface area contributed by atoms with Crippen molar-refractivity contribution >= 4 is 58.0 Å². The third kappa shape index (κ3) is 6.43. The minimum absolute atomic E-state index is 0.174. The fourth-order valence-corrected chi connectivity index (χ4v) is 3.11. The topological polar surface area (TPSA) is 204 Å². The second kappa shape index (κ2) is 11.6. The number of rotatable bonds is 10. The monoisotopic (exact) mass is 536 g/mol. The van der Waals surface area contributed by atoms with Gasteiger partial charge in [-0.2, -0.15) is 0 Å². The van der Waals surface area contributed by atoms with Crippen molar-refractivity contribution in [1.82, 2.24) is 20.8 Å². The van der Waals surface area contributed by atoms with E-state index >= 15 is 0 Å². The number of hydrogen-bond donors (Lipinski definition) is 4. The number of anilines is 2. The maximum atomic E-state index is 12.4. The molecule has 1 aromatic heterocycles. The maximum absolute atomic E-state index is 12.4. The van der Waals surface area contributed by atoms with Crippen molar-refractivity contribution in [3.05, 3.63) is 84.6 Å². The summed E-state index contributed by atoms with van der Waals surface area (Å²) in [5, 5.41) is 23.3. The molecule has 186 valence electrons. The number of benzene rings is 2. The number of nitrogens with one attached hydrogen (secondary N) is 4. The third-order valence-corrected chi connectivity index (χ3v) is 4.75. The molecule has 0 saturated heterocycles. The zero-order valence-electron chi connectivity index (χ0n) is 17.7. The number of amides is 2. The van der Waals surface area contributed by atoms with Crippen molar-refractivity contribution in [2.24, 2.45) is 0 Å². The zero-order valence-corrected chi connectivity index (χ0v) is 19.2. The molecule has 2 amide bonds. The van der Waals surface area contributed by atoms with Gasteiger partial charge in [-0.15, -0.1) is 0 Å². The minimum atomic E-state index is -0.948. The molecule has 0 fully saturated rings. The van der Waals surface area contributed by atoms with Crippen LogP contribution < -0.4 is 26.4 Å². The van der Waals surface area contributed by atoms with Gasteiger partial charge in [-0.3, -0.25) is 51.5 Å². The standard InChI is InChI=1S/C19H14Cl2N8O7/c20-10-5-6-14(12(21)7-10)36-8-15(30)24-25-17-16(29(34)35)18(23-9-22-17)26-27-19(31)11-3-1-2-4-13(11)28(32)33/h1-7,9H,8H2,(H,24,30)(H,27,31)(H2,22,23,25,26). The van der Waals surface area contributed by atoms with Crippen LogP contribution in [-0.4, -0.2) is 38.2 Å². The fourth-order valence-electron chi connectivity index (χ4n) is 2.64. The molecule has 0 spiro atoms. The Morgan fingerprint density at radius 1 is 0.944 bits per heavy atom. The molecule has 1 heterocycles. The van der Waals surface area contributed by atoms with Gasteiger partial charge in [0.1, 0.15) is 17.6 Å². The van der Waals surface area contributed by atoms with Crippen LogP contribution in [-0.2, 0) is 4.79 Å². The maximum Gasteiger partial charge on any atom is 0.356 e. The highest BCUT2D eigenvalue weighted by Gasteiger charge is 2.25. The molecule has 0 saturated carbocycles. The summed E-state index contributed by atoms with van der Waals surface area (Å²) in [6.07, 6.45) is 0.908. The number of nitro groups is 2. The van der Waals surface area contributed by atoms with Gasteiger partial charge in [0.25, 0.3) is 17.5 Å². The Labute approximate surface area is 211 Å². The summed E-state index contributed by atoms with van der Waals surface area (Å²) >= 11 is 11.7. The van der Waals surface area contributed by atoms with E-state index in [1.807, 2.05) is 0 Å². The summed E-state index contributed by atoms with van der Waals surface area (Å²) in [7, 11) is 0. The first-order chi connectivity index (χ1) is 17.2. The Bertz CT molecular complexity index is 1340. The number of carbonyl (C=O) groups is 2. The predicted molar refractivity (Wildman–Crippen MR) is 127 cm³/mol. The van der Waals surface area contributed by atoms with Crippen LogP contribution in [0.4, 0.5) is 23.0 Å². The number of nitro benzene ring substituents is 1. The molecule has 0 unspecified atom stereocenters. The molecule has 15 nitrogen and oxygen atoms in total. The Morgan fingerprint density at radius 2 is 1.61 bits per heavy atom. The van der Waals surface area contributed by atoms with E-state index in [1.54, 1.807) is 0 Å². The van der Waals surface area contributed by atoms with E-state index in [4.69, 9.17) is 27.9 Å². The summed E-state index contributed by atoms with van der Waals surface area (Å²) in [5.41, 5.74) is 7.25. The molecule has 4 N–H and O–H groups in total. The van der Waals surface area contributed by atoms with Crippen LogP contribution >= 0.6 is 23.2 Å². The average molecular weight is 537 g/mol. The Morgan fingerprint density at radius 3 is 2.25 bits per heavy atom. The van der Waals surface area contributed by atoms with E-state index in [0.717, 1.165) is 12.4 Å². The number of hydrogen-bond acceptors (Lipinski definition) is 11. The van der Waals surface area contributed by atoms with E-state index in [9.17, 15) is 29.8 Å². The van der Waals surface area contributed by atoms with Crippen LogP contribution in [0.25, 0.3) is 0 Å². The van der Waals surface area contributed by atoms with Crippen LogP contribution in [0, 0.1) is 20.2 Å². The van der Waals surface area contributed by atoms with Crippen molar-refractivity contribution in [3.8, 4) is 5.75 Å². The average Bonchev–Trinajstić information content (AvgIpc) is 2.85. The second-order valence-electron chi connectivity index (χ2n) is 6.57. The van der Waals surface area contributed by atoms with Gasteiger partial charge >= 0.3 is 5.69 Å². The lowest BCUT2D eigenvalue weighted by Crippen LogP contribution is -2.35. The molecule has 3 aromatic rings. The number of hydrazine groups is 2. The molecule has 0 bridgehead atoms. The highest BCUT2D eigenvalue weighted by molar-refractivity contribution is 6.35. The normalized spacial score (nSPS) is 10.2. The first-order valence-electron chi connectivity index (χ1n) is 9.59. The van der Waals surface area contributed by atoms with Gasteiger partial charge in [0.15, 0.2) is 6.61 Å². The lowest BCUT2D eigenvalue weighted by atomic mass is 10.2. The quantitative estimate of drug-likeness (QED) is 0.219. The van der Waals surface area contributed by atoms with Crippen LogP contribution in [0.15, 0.2) is 48.8 Å². The van der Waals surface area contributed by atoms with Gasteiger partial charge in [-0.25, -0.2) is 9.97 Å². The number of ether oxygens (including phenoxy) is 1. The predicted octanol–water partition coefficient (Wildman–Crippen LogP) is 2.88. The highest BCUT2D eigenvalue weighted by Crippen LogP contribution is 2.29. The molecule has 0 radical (unpaired) electrons. The van der Waals surface area contributed by atoms with Gasteiger partial charge in [-0.1, -0.05) is 35.3 Å². The van der Waals surface area contributed by atoms with E-state index in [1.165, 1.54) is 36.4 Å². The van der Waals surface area contributed by atoms with Crippen LogP contribution in [0.2, 0.25) is 10.0 Å². The zero-order chi connectivity index (χ0) is 26.2. The van der Waals surface area contributed by atoms with Gasteiger partial charge in [0.05, 0.1) is 14.9 Å². The van der Waals surface area contributed by atoms with Gasteiger partial charge in [0.2, 0.25) is 11.6 Å².